The van der Waals surface area contributed by atoms with Gasteiger partial charge >= 0.3 is 0 Å². The first kappa shape index (κ1) is 19.0. The quantitative estimate of drug-likeness (QED) is 0.486. The van der Waals surface area contributed by atoms with Crippen molar-refractivity contribution >= 4 is 12.1 Å². The van der Waals surface area contributed by atoms with Crippen LogP contribution in [0.5, 0.6) is 17.2 Å². The van der Waals surface area contributed by atoms with Crippen molar-refractivity contribution in [3.63, 3.8) is 0 Å². The van der Waals surface area contributed by atoms with Crippen LogP contribution >= 0.6 is 0 Å². The van der Waals surface area contributed by atoms with Crippen LogP contribution in [-0.4, -0.2) is 24.3 Å². The van der Waals surface area contributed by atoms with Gasteiger partial charge in [-0.3, -0.25) is 4.79 Å². The number of phenols is 1. The van der Waals surface area contributed by atoms with Crippen LogP contribution in [0.4, 0.5) is 0 Å². The van der Waals surface area contributed by atoms with E-state index in [9.17, 15) is 9.90 Å². The van der Waals surface area contributed by atoms with Crippen LogP contribution in [0.15, 0.2) is 77.9 Å². The molecule has 0 aliphatic heterocycles. The van der Waals surface area contributed by atoms with E-state index in [1.807, 2.05) is 30.3 Å². The van der Waals surface area contributed by atoms with Crippen LogP contribution in [0.3, 0.4) is 0 Å². The molecule has 0 radical (unpaired) electrons. The Bertz CT molecular complexity index is 954. The second-order valence-corrected chi connectivity index (χ2v) is 5.90. The Balaban J connectivity index is 1.56. The molecule has 0 aromatic heterocycles. The molecule has 0 aliphatic rings. The molecule has 0 saturated heterocycles. The van der Waals surface area contributed by atoms with Crippen molar-refractivity contribution in [2.45, 2.75) is 6.61 Å². The lowest BCUT2D eigenvalue weighted by Gasteiger charge is -2.07. The summed E-state index contributed by atoms with van der Waals surface area (Å²) >= 11 is 0. The number of ether oxygens (including phenoxy) is 2. The molecule has 0 unspecified atom stereocenters. The monoisotopic (exact) mass is 376 g/mol. The van der Waals surface area contributed by atoms with Crippen LogP contribution in [0, 0.1) is 0 Å². The van der Waals surface area contributed by atoms with Crippen molar-refractivity contribution in [2.75, 3.05) is 7.11 Å². The molecule has 0 heterocycles. The number of carbonyl (C=O) groups excluding carboxylic acids is 1. The largest absolute Gasteiger partial charge is 0.504 e. The Hall–Kier alpha value is -3.80. The predicted molar refractivity (Wildman–Crippen MR) is 107 cm³/mol. The van der Waals surface area contributed by atoms with Gasteiger partial charge in [-0.2, -0.15) is 5.10 Å². The zero-order valence-electron chi connectivity index (χ0n) is 15.3. The molecule has 1 amide bonds. The SMILES string of the molecule is COc1cccc(C=NNC(=O)c2ccc(OCc3ccccc3)cc2)c1O. The number of hydrazone groups is 1. The molecule has 0 fully saturated rings. The highest BCUT2D eigenvalue weighted by atomic mass is 16.5. The molecule has 6 heteroatoms. The van der Waals surface area contributed by atoms with E-state index in [4.69, 9.17) is 9.47 Å². The topological polar surface area (TPSA) is 80.2 Å². The number of nitrogens with one attached hydrogen (secondary N) is 1. The van der Waals surface area contributed by atoms with Gasteiger partial charge in [-0.1, -0.05) is 36.4 Å². The number of nitrogens with zero attached hydrogens (tertiary/aromatic N) is 1. The smallest absolute Gasteiger partial charge is 0.271 e. The summed E-state index contributed by atoms with van der Waals surface area (Å²) < 4.78 is 10.7. The summed E-state index contributed by atoms with van der Waals surface area (Å²) in [6.07, 6.45) is 1.35. The highest BCUT2D eigenvalue weighted by Crippen LogP contribution is 2.27. The Morgan fingerprint density at radius 3 is 2.50 bits per heavy atom. The number of hydrogen-bond donors (Lipinski definition) is 2. The Labute approximate surface area is 163 Å². The molecule has 6 nitrogen and oxygen atoms in total. The molecule has 3 aromatic carbocycles. The summed E-state index contributed by atoms with van der Waals surface area (Å²) in [5.74, 6) is 0.600. The highest BCUT2D eigenvalue weighted by Gasteiger charge is 2.07. The molecule has 3 rings (SSSR count). The highest BCUT2D eigenvalue weighted by molar-refractivity contribution is 5.95. The first-order valence-corrected chi connectivity index (χ1v) is 8.63. The molecule has 142 valence electrons. The van der Waals surface area contributed by atoms with E-state index in [-0.39, 0.29) is 11.7 Å². The molecule has 28 heavy (non-hydrogen) atoms. The van der Waals surface area contributed by atoms with Gasteiger partial charge in [-0.25, -0.2) is 5.43 Å². The number of carbonyl (C=O) groups is 1. The maximum atomic E-state index is 12.2. The lowest BCUT2D eigenvalue weighted by molar-refractivity contribution is 0.0955. The van der Waals surface area contributed by atoms with Gasteiger partial charge in [0.15, 0.2) is 11.5 Å². The number of methoxy groups -OCH3 is 1. The first-order valence-electron chi connectivity index (χ1n) is 8.63. The second-order valence-electron chi connectivity index (χ2n) is 5.90. The summed E-state index contributed by atoms with van der Waals surface area (Å²) in [6, 6.07) is 21.6. The molecule has 3 aromatic rings. The van der Waals surface area contributed by atoms with Gasteiger partial charge in [-0.05, 0) is 42.0 Å². The standard InChI is InChI=1S/C22H20N2O4/c1-27-20-9-5-8-18(21(20)25)14-23-24-22(26)17-10-12-19(13-11-17)28-15-16-6-3-2-4-7-16/h2-14,25H,15H2,1H3,(H,24,26). The van der Waals surface area contributed by atoms with Gasteiger partial charge in [0.05, 0.1) is 13.3 Å². The van der Waals surface area contributed by atoms with Crippen LogP contribution in [-0.2, 0) is 6.61 Å². The van der Waals surface area contributed by atoms with Crippen molar-refractivity contribution < 1.29 is 19.4 Å². The number of hydrogen-bond acceptors (Lipinski definition) is 5. The second kappa shape index (κ2) is 9.23. The summed E-state index contributed by atoms with van der Waals surface area (Å²) in [7, 11) is 1.46. The van der Waals surface area contributed by atoms with Crippen molar-refractivity contribution in [2.24, 2.45) is 5.10 Å². The zero-order chi connectivity index (χ0) is 19.8. The Morgan fingerprint density at radius 2 is 1.79 bits per heavy atom. The molecule has 2 N–H and O–H groups in total. The van der Waals surface area contributed by atoms with E-state index in [1.165, 1.54) is 13.3 Å². The van der Waals surface area contributed by atoms with E-state index in [2.05, 4.69) is 10.5 Å². The molecule has 0 aliphatic carbocycles. The number of phenolic OH excluding ortho intramolecular Hbond substituents is 1. The van der Waals surface area contributed by atoms with Crippen LogP contribution < -0.4 is 14.9 Å². The third-order valence-electron chi connectivity index (χ3n) is 3.98. The molecule has 0 spiro atoms. The summed E-state index contributed by atoms with van der Waals surface area (Å²) in [5.41, 5.74) is 4.37. The minimum atomic E-state index is -0.367. The zero-order valence-corrected chi connectivity index (χ0v) is 15.3. The van der Waals surface area contributed by atoms with Gasteiger partial charge in [0.25, 0.3) is 5.91 Å². The first-order chi connectivity index (χ1) is 13.7. The molecule has 0 atom stereocenters. The van der Waals surface area contributed by atoms with E-state index in [0.717, 1.165) is 5.56 Å². The van der Waals surface area contributed by atoms with Gasteiger partial charge in [-0.15, -0.1) is 0 Å². The van der Waals surface area contributed by atoms with Crippen LogP contribution in [0.1, 0.15) is 21.5 Å². The van der Waals surface area contributed by atoms with Crippen LogP contribution in [0.2, 0.25) is 0 Å². The van der Waals surface area contributed by atoms with Crippen molar-refractivity contribution in [1.29, 1.82) is 0 Å². The third-order valence-corrected chi connectivity index (χ3v) is 3.98. The number of benzene rings is 3. The van der Waals surface area contributed by atoms with E-state index in [0.29, 0.717) is 29.2 Å². The van der Waals surface area contributed by atoms with E-state index in [1.54, 1.807) is 42.5 Å². The van der Waals surface area contributed by atoms with Gasteiger partial charge in [0.1, 0.15) is 12.4 Å². The maximum absolute atomic E-state index is 12.2. The predicted octanol–water partition coefficient (Wildman–Crippen LogP) is 3.74. The molecule has 0 saturated carbocycles. The summed E-state index contributed by atoms with van der Waals surface area (Å²) in [6.45, 7) is 0.459. The van der Waals surface area contributed by atoms with E-state index < -0.39 is 0 Å². The van der Waals surface area contributed by atoms with Gasteiger partial charge in [0, 0.05) is 11.1 Å². The molecule has 0 bridgehead atoms. The van der Waals surface area contributed by atoms with Crippen LogP contribution in [0.25, 0.3) is 0 Å². The maximum Gasteiger partial charge on any atom is 0.271 e. The number of aromatic hydroxyl groups is 1. The summed E-state index contributed by atoms with van der Waals surface area (Å²) in [5, 5.41) is 13.9. The van der Waals surface area contributed by atoms with Gasteiger partial charge < -0.3 is 14.6 Å². The lowest BCUT2D eigenvalue weighted by Crippen LogP contribution is -2.17. The lowest BCUT2D eigenvalue weighted by atomic mass is 10.2. The third kappa shape index (κ3) is 4.88. The average Bonchev–Trinajstić information content (AvgIpc) is 2.74. The molecular weight excluding hydrogens is 356 g/mol. The number of amides is 1. The number of para-hydroxylation sites is 1. The minimum absolute atomic E-state index is 0.0390. The Morgan fingerprint density at radius 1 is 1.04 bits per heavy atom. The Kier molecular flexibility index (Phi) is 6.25. The van der Waals surface area contributed by atoms with Gasteiger partial charge in [0.2, 0.25) is 0 Å². The molecular formula is C22H20N2O4. The minimum Gasteiger partial charge on any atom is -0.504 e. The average molecular weight is 376 g/mol. The fraction of sp³-hybridized carbons (Fsp3) is 0.0909. The van der Waals surface area contributed by atoms with Crippen molar-refractivity contribution in [3.8, 4) is 17.2 Å². The fourth-order valence-corrected chi connectivity index (χ4v) is 2.48. The van der Waals surface area contributed by atoms with Crippen molar-refractivity contribution in [1.82, 2.24) is 5.43 Å². The van der Waals surface area contributed by atoms with E-state index >= 15 is 0 Å². The fourth-order valence-electron chi connectivity index (χ4n) is 2.48. The normalized spacial score (nSPS) is 10.6. The van der Waals surface area contributed by atoms with Crippen molar-refractivity contribution in [3.05, 3.63) is 89.5 Å². The summed E-state index contributed by atoms with van der Waals surface area (Å²) in [4.78, 5) is 12.2. The number of rotatable bonds is 7.